The van der Waals surface area contributed by atoms with E-state index in [4.69, 9.17) is 0 Å². The highest BCUT2D eigenvalue weighted by Gasteiger charge is 2.53. The number of aliphatic hydroxyl groups is 2. The number of fused-ring (bicyclic) bond motifs is 1. The lowest BCUT2D eigenvalue weighted by Crippen LogP contribution is -2.59. The highest BCUT2D eigenvalue weighted by atomic mass is 32.2. The summed E-state index contributed by atoms with van der Waals surface area (Å²) in [5, 5.41) is 19.8. The maximum absolute atomic E-state index is 14.8. The highest BCUT2D eigenvalue weighted by molar-refractivity contribution is 7.88. The van der Waals surface area contributed by atoms with Gasteiger partial charge in [0.25, 0.3) is 0 Å². The summed E-state index contributed by atoms with van der Waals surface area (Å²) in [7, 11) is -4.07. The summed E-state index contributed by atoms with van der Waals surface area (Å²) in [6.45, 7) is -0.454. The third kappa shape index (κ3) is 2.56. The van der Waals surface area contributed by atoms with Gasteiger partial charge < -0.3 is 10.2 Å². The van der Waals surface area contributed by atoms with Gasteiger partial charge in [-0.1, -0.05) is 0 Å². The van der Waals surface area contributed by atoms with E-state index in [1.54, 1.807) is 4.72 Å². The molecule has 1 amide bonds. The van der Waals surface area contributed by atoms with E-state index in [-0.39, 0.29) is 18.3 Å². The number of nitrogens with one attached hydrogen (secondary N) is 1. The van der Waals surface area contributed by atoms with Gasteiger partial charge in [0.1, 0.15) is 6.17 Å². The molecule has 0 bridgehead atoms. The second-order valence-electron chi connectivity index (χ2n) is 6.20. The molecule has 1 heterocycles. The Balaban J connectivity index is 1.85. The lowest BCUT2D eigenvalue weighted by atomic mass is 9.66. The zero-order valence-electron chi connectivity index (χ0n) is 11.4. The Labute approximate surface area is 122 Å². The SMILES string of the molecule is O=C1CN(C2C(O)CC3CC(O)CCC3C2F)S(=O)(=O)N1. The maximum Gasteiger partial charge on any atom is 0.304 e. The topological polar surface area (TPSA) is 107 Å². The fourth-order valence-electron chi connectivity index (χ4n) is 3.95. The van der Waals surface area contributed by atoms with Gasteiger partial charge in [-0.2, -0.15) is 12.7 Å². The molecule has 0 aromatic carbocycles. The number of rotatable bonds is 1. The molecule has 6 atom stereocenters. The van der Waals surface area contributed by atoms with Crippen molar-refractivity contribution in [2.45, 2.75) is 50.1 Å². The van der Waals surface area contributed by atoms with Gasteiger partial charge in [-0.25, -0.2) is 9.11 Å². The first kappa shape index (κ1) is 15.1. The number of halogens is 1. The largest absolute Gasteiger partial charge is 0.393 e. The highest BCUT2D eigenvalue weighted by Crippen LogP contribution is 2.44. The van der Waals surface area contributed by atoms with Crippen LogP contribution in [0.5, 0.6) is 0 Å². The molecule has 0 radical (unpaired) electrons. The fraction of sp³-hybridized carbons (Fsp3) is 0.917. The summed E-state index contributed by atoms with van der Waals surface area (Å²) in [6, 6.07) is -1.23. The second kappa shape index (κ2) is 5.15. The summed E-state index contributed by atoms with van der Waals surface area (Å²) in [5.74, 6) is -1.24. The fourth-order valence-corrected chi connectivity index (χ4v) is 5.28. The third-order valence-corrected chi connectivity index (χ3v) is 6.35. The van der Waals surface area contributed by atoms with Gasteiger partial charge in [-0.05, 0) is 37.5 Å². The van der Waals surface area contributed by atoms with Crippen molar-refractivity contribution in [1.82, 2.24) is 9.03 Å². The van der Waals surface area contributed by atoms with Crippen molar-refractivity contribution in [2.75, 3.05) is 6.54 Å². The average molecular weight is 322 g/mol. The van der Waals surface area contributed by atoms with Crippen LogP contribution in [0.3, 0.4) is 0 Å². The van der Waals surface area contributed by atoms with Gasteiger partial charge in [0.2, 0.25) is 5.91 Å². The first-order valence-corrected chi connectivity index (χ1v) is 8.56. The Morgan fingerprint density at radius 2 is 1.95 bits per heavy atom. The van der Waals surface area contributed by atoms with E-state index in [0.717, 1.165) is 4.31 Å². The number of amides is 1. The van der Waals surface area contributed by atoms with E-state index < -0.39 is 47.1 Å². The van der Waals surface area contributed by atoms with Crippen LogP contribution in [0.15, 0.2) is 0 Å². The minimum atomic E-state index is -4.07. The molecular formula is C12H19FN2O5S. The molecule has 3 rings (SSSR count). The van der Waals surface area contributed by atoms with Crippen molar-refractivity contribution in [2.24, 2.45) is 11.8 Å². The van der Waals surface area contributed by atoms with E-state index in [0.29, 0.717) is 19.3 Å². The molecule has 6 unspecified atom stereocenters. The summed E-state index contributed by atoms with van der Waals surface area (Å²) >= 11 is 0. The number of aliphatic hydroxyl groups excluding tert-OH is 2. The van der Waals surface area contributed by atoms with Crippen molar-refractivity contribution < 1.29 is 27.8 Å². The minimum absolute atomic E-state index is 0.149. The van der Waals surface area contributed by atoms with E-state index in [1.807, 2.05) is 0 Å². The Kier molecular flexibility index (Phi) is 3.71. The smallest absolute Gasteiger partial charge is 0.304 e. The molecule has 0 aromatic rings. The van der Waals surface area contributed by atoms with Crippen molar-refractivity contribution in [3.05, 3.63) is 0 Å². The summed E-state index contributed by atoms with van der Waals surface area (Å²) in [5.41, 5.74) is 0. The number of hydrogen-bond donors (Lipinski definition) is 3. The summed E-state index contributed by atoms with van der Waals surface area (Å²) in [4.78, 5) is 11.3. The summed E-state index contributed by atoms with van der Waals surface area (Å²) in [6.07, 6.45) is -1.57. The molecule has 3 fully saturated rings. The van der Waals surface area contributed by atoms with Crippen LogP contribution in [0, 0.1) is 11.8 Å². The summed E-state index contributed by atoms with van der Waals surface area (Å²) < 4.78 is 41.0. The predicted molar refractivity (Wildman–Crippen MR) is 69.9 cm³/mol. The molecule has 21 heavy (non-hydrogen) atoms. The van der Waals surface area contributed by atoms with Gasteiger partial charge in [0.15, 0.2) is 0 Å². The van der Waals surface area contributed by atoms with Gasteiger partial charge in [0, 0.05) is 0 Å². The molecule has 3 N–H and O–H groups in total. The standard InChI is InChI=1S/C12H19FN2O5S/c13-11-8-2-1-7(16)3-6(8)4-9(17)12(11)15-5-10(18)14-21(15,19)20/h6-9,11-12,16-17H,1-5H2,(H,14,18). The number of carbonyl (C=O) groups excluding carboxylic acids is 1. The number of nitrogens with zero attached hydrogens (tertiary/aromatic N) is 1. The van der Waals surface area contributed by atoms with Gasteiger partial charge in [-0.15, -0.1) is 0 Å². The van der Waals surface area contributed by atoms with Crippen molar-refractivity contribution in [1.29, 1.82) is 0 Å². The van der Waals surface area contributed by atoms with Gasteiger partial charge in [-0.3, -0.25) is 4.79 Å². The van der Waals surface area contributed by atoms with Gasteiger partial charge >= 0.3 is 10.2 Å². The van der Waals surface area contributed by atoms with Crippen LogP contribution in [-0.4, -0.2) is 59.8 Å². The zero-order valence-corrected chi connectivity index (χ0v) is 12.2. The molecule has 2 saturated carbocycles. The Hall–Kier alpha value is -0.770. The Morgan fingerprint density at radius 3 is 2.57 bits per heavy atom. The molecule has 7 nitrogen and oxygen atoms in total. The minimum Gasteiger partial charge on any atom is -0.393 e. The Bertz CT molecular complexity index is 542. The van der Waals surface area contributed by atoms with Crippen molar-refractivity contribution in [3.63, 3.8) is 0 Å². The first-order chi connectivity index (χ1) is 9.79. The molecule has 3 aliphatic rings. The molecule has 0 aromatic heterocycles. The number of carbonyl (C=O) groups is 1. The molecule has 1 aliphatic heterocycles. The Morgan fingerprint density at radius 1 is 1.24 bits per heavy atom. The lowest BCUT2D eigenvalue weighted by Gasteiger charge is -2.47. The second-order valence-corrected chi connectivity index (χ2v) is 7.83. The molecule has 0 spiro atoms. The van der Waals surface area contributed by atoms with E-state index in [2.05, 4.69) is 0 Å². The number of alkyl halides is 1. The lowest BCUT2D eigenvalue weighted by molar-refractivity contribution is -0.120. The monoisotopic (exact) mass is 322 g/mol. The first-order valence-electron chi connectivity index (χ1n) is 7.12. The molecule has 1 saturated heterocycles. The van der Waals surface area contributed by atoms with Crippen LogP contribution in [0.1, 0.15) is 25.7 Å². The van der Waals surface area contributed by atoms with Crippen LogP contribution in [0.4, 0.5) is 4.39 Å². The molecule has 120 valence electrons. The predicted octanol–water partition coefficient (Wildman–Crippen LogP) is -1.09. The number of hydrogen-bond acceptors (Lipinski definition) is 5. The normalized spacial score (nSPS) is 46.9. The average Bonchev–Trinajstić information content (AvgIpc) is 2.62. The van der Waals surface area contributed by atoms with Crippen LogP contribution in [0.25, 0.3) is 0 Å². The van der Waals surface area contributed by atoms with Gasteiger partial charge in [0.05, 0.1) is 24.8 Å². The van der Waals surface area contributed by atoms with E-state index in [9.17, 15) is 27.8 Å². The molecular weight excluding hydrogens is 303 g/mol. The van der Waals surface area contributed by atoms with E-state index in [1.165, 1.54) is 0 Å². The third-order valence-electron chi connectivity index (χ3n) is 4.87. The van der Waals surface area contributed by atoms with Crippen LogP contribution < -0.4 is 4.72 Å². The van der Waals surface area contributed by atoms with Crippen LogP contribution in [-0.2, 0) is 15.0 Å². The molecule has 2 aliphatic carbocycles. The maximum atomic E-state index is 14.8. The quantitative estimate of drug-likeness (QED) is 0.569. The molecule has 9 heteroatoms. The van der Waals surface area contributed by atoms with Crippen molar-refractivity contribution >= 4 is 16.1 Å². The van der Waals surface area contributed by atoms with Crippen LogP contribution in [0.2, 0.25) is 0 Å². The van der Waals surface area contributed by atoms with Crippen molar-refractivity contribution in [3.8, 4) is 0 Å². The van der Waals surface area contributed by atoms with Crippen LogP contribution >= 0.6 is 0 Å². The zero-order chi connectivity index (χ0) is 15.4. The van der Waals surface area contributed by atoms with E-state index >= 15 is 0 Å².